The number of hydrogen-bond donors (Lipinski definition) is 0. The molecule has 0 unspecified atom stereocenters. The summed E-state index contributed by atoms with van der Waals surface area (Å²) in [5.74, 6) is 0.709. The predicted octanol–water partition coefficient (Wildman–Crippen LogP) is 2.89. The largest absolute Gasteiger partial charge is 0.469 e. The Labute approximate surface area is 102 Å². The first-order valence-electron chi connectivity index (χ1n) is 4.54. The van der Waals surface area contributed by atoms with Crippen LogP contribution < -0.4 is 0 Å². The molecule has 0 radical (unpaired) electrons. The minimum absolute atomic E-state index is 0.157. The lowest BCUT2D eigenvalue weighted by atomic mass is 10.3. The van der Waals surface area contributed by atoms with Crippen LogP contribution in [0.2, 0.25) is 0 Å². The van der Waals surface area contributed by atoms with Crippen molar-refractivity contribution >= 4 is 33.7 Å². The number of carbonyl (C=O) groups is 1. The molecule has 3 nitrogen and oxygen atoms in total. The van der Waals surface area contributed by atoms with E-state index < -0.39 is 0 Å². The fourth-order valence-electron chi connectivity index (χ4n) is 0.965. The van der Waals surface area contributed by atoms with Gasteiger partial charge in [-0.3, -0.25) is 4.79 Å². The normalized spacial score (nSPS) is 10.0. The highest BCUT2D eigenvalue weighted by atomic mass is 79.9. The highest BCUT2D eigenvalue weighted by Gasteiger charge is 2.03. The molecule has 0 aliphatic rings. The van der Waals surface area contributed by atoms with Gasteiger partial charge in [0, 0.05) is 22.8 Å². The van der Waals surface area contributed by atoms with Gasteiger partial charge < -0.3 is 4.74 Å². The number of halogens is 1. The molecule has 1 aromatic heterocycles. The zero-order chi connectivity index (χ0) is 11.1. The molecule has 0 saturated carbocycles. The summed E-state index contributed by atoms with van der Waals surface area (Å²) in [6.07, 6.45) is 3.03. The third-order valence-corrected chi connectivity index (χ3v) is 3.71. The van der Waals surface area contributed by atoms with E-state index in [-0.39, 0.29) is 5.97 Å². The van der Waals surface area contributed by atoms with Gasteiger partial charge in [0.1, 0.15) is 5.03 Å². The van der Waals surface area contributed by atoms with E-state index in [1.165, 1.54) is 7.11 Å². The van der Waals surface area contributed by atoms with E-state index in [0.717, 1.165) is 21.7 Å². The Morgan fingerprint density at radius 1 is 1.67 bits per heavy atom. The molecule has 15 heavy (non-hydrogen) atoms. The van der Waals surface area contributed by atoms with Crippen LogP contribution in [0.3, 0.4) is 0 Å². The van der Waals surface area contributed by atoms with Crippen molar-refractivity contribution in [3.8, 4) is 0 Å². The highest BCUT2D eigenvalue weighted by Crippen LogP contribution is 2.25. The number of ether oxygens (including phenoxy) is 1. The van der Waals surface area contributed by atoms with Crippen molar-refractivity contribution in [2.24, 2.45) is 0 Å². The number of nitrogens with zero attached hydrogens (tertiary/aromatic N) is 1. The van der Waals surface area contributed by atoms with Crippen molar-refractivity contribution in [2.75, 3.05) is 12.9 Å². The molecule has 0 saturated heterocycles. The zero-order valence-corrected chi connectivity index (χ0v) is 10.8. The first-order valence-corrected chi connectivity index (χ1v) is 6.32. The third kappa shape index (κ3) is 4.66. The number of carbonyl (C=O) groups excluding carboxylic acids is 1. The van der Waals surface area contributed by atoms with Crippen LogP contribution in [-0.4, -0.2) is 23.8 Å². The van der Waals surface area contributed by atoms with Gasteiger partial charge in [-0.2, -0.15) is 0 Å². The predicted molar refractivity (Wildman–Crippen MR) is 63.9 cm³/mol. The maximum atomic E-state index is 10.8. The molecule has 0 amide bonds. The Balaban J connectivity index is 2.26. The minimum Gasteiger partial charge on any atom is -0.469 e. The van der Waals surface area contributed by atoms with E-state index in [2.05, 4.69) is 25.7 Å². The maximum absolute atomic E-state index is 10.8. The number of thioether (sulfide) groups is 1. The quantitative estimate of drug-likeness (QED) is 0.475. The molecule has 0 aliphatic heterocycles. The Morgan fingerprint density at radius 2 is 2.47 bits per heavy atom. The van der Waals surface area contributed by atoms with Crippen molar-refractivity contribution in [1.82, 2.24) is 4.98 Å². The van der Waals surface area contributed by atoms with Gasteiger partial charge >= 0.3 is 5.97 Å². The second kappa shape index (κ2) is 6.85. The summed E-state index contributed by atoms with van der Waals surface area (Å²) in [4.78, 5) is 15.0. The molecule has 1 rings (SSSR count). The minimum atomic E-state index is -0.157. The summed E-state index contributed by atoms with van der Waals surface area (Å²) < 4.78 is 5.55. The van der Waals surface area contributed by atoms with Crippen LogP contribution in [0.25, 0.3) is 0 Å². The van der Waals surface area contributed by atoms with E-state index in [1.54, 1.807) is 18.0 Å². The zero-order valence-electron chi connectivity index (χ0n) is 8.40. The van der Waals surface area contributed by atoms with Crippen molar-refractivity contribution in [2.45, 2.75) is 17.9 Å². The monoisotopic (exact) mass is 289 g/mol. The molecule has 82 valence electrons. The van der Waals surface area contributed by atoms with Crippen LogP contribution in [0.4, 0.5) is 0 Å². The SMILES string of the molecule is COC(=O)CCCSc1ncccc1Br. The molecular weight excluding hydrogens is 278 g/mol. The summed E-state index contributed by atoms with van der Waals surface area (Å²) in [5, 5.41) is 0.961. The van der Waals surface area contributed by atoms with E-state index in [1.807, 2.05) is 12.1 Å². The second-order valence-corrected chi connectivity index (χ2v) is 4.76. The molecule has 0 fully saturated rings. The van der Waals surface area contributed by atoms with Crippen LogP contribution in [0.1, 0.15) is 12.8 Å². The number of hydrogen-bond acceptors (Lipinski definition) is 4. The van der Waals surface area contributed by atoms with Gasteiger partial charge in [0.15, 0.2) is 0 Å². The first-order chi connectivity index (χ1) is 7.24. The van der Waals surface area contributed by atoms with Crippen LogP contribution in [0.5, 0.6) is 0 Å². The van der Waals surface area contributed by atoms with Gasteiger partial charge in [0.05, 0.1) is 7.11 Å². The van der Waals surface area contributed by atoms with Crippen molar-refractivity contribution < 1.29 is 9.53 Å². The average molecular weight is 290 g/mol. The Kier molecular flexibility index (Phi) is 5.71. The summed E-state index contributed by atoms with van der Waals surface area (Å²) >= 11 is 5.05. The van der Waals surface area contributed by atoms with Crippen molar-refractivity contribution in [3.05, 3.63) is 22.8 Å². The number of esters is 1. The standard InChI is InChI=1S/C10H12BrNO2S/c1-14-9(13)5-3-7-15-10-8(11)4-2-6-12-10/h2,4,6H,3,5,7H2,1H3. The van der Waals surface area contributed by atoms with Crippen LogP contribution in [-0.2, 0) is 9.53 Å². The molecule has 0 bridgehead atoms. The average Bonchev–Trinajstić information content (AvgIpc) is 2.26. The molecule has 5 heteroatoms. The van der Waals surface area contributed by atoms with Crippen molar-refractivity contribution in [1.29, 1.82) is 0 Å². The Hall–Kier alpha value is -0.550. The maximum Gasteiger partial charge on any atom is 0.305 e. The lowest BCUT2D eigenvalue weighted by Gasteiger charge is -2.02. The lowest BCUT2D eigenvalue weighted by molar-refractivity contribution is -0.140. The molecule has 1 heterocycles. The topological polar surface area (TPSA) is 39.2 Å². The van der Waals surface area contributed by atoms with Gasteiger partial charge in [-0.15, -0.1) is 11.8 Å². The summed E-state index contributed by atoms with van der Waals surface area (Å²) in [5.41, 5.74) is 0. The summed E-state index contributed by atoms with van der Waals surface area (Å²) in [6.45, 7) is 0. The number of methoxy groups -OCH3 is 1. The van der Waals surface area contributed by atoms with E-state index in [0.29, 0.717) is 6.42 Å². The first kappa shape index (κ1) is 12.5. The number of aromatic nitrogens is 1. The highest BCUT2D eigenvalue weighted by molar-refractivity contribution is 9.10. The molecule has 1 aromatic rings. The fourth-order valence-corrected chi connectivity index (χ4v) is 2.39. The van der Waals surface area contributed by atoms with Crippen LogP contribution >= 0.6 is 27.7 Å². The Bertz CT molecular complexity index is 333. The van der Waals surface area contributed by atoms with E-state index >= 15 is 0 Å². The molecular formula is C10H12BrNO2S. The van der Waals surface area contributed by atoms with Gasteiger partial charge in [-0.05, 0) is 34.5 Å². The van der Waals surface area contributed by atoms with Crippen LogP contribution in [0, 0.1) is 0 Å². The van der Waals surface area contributed by atoms with Crippen LogP contribution in [0.15, 0.2) is 27.8 Å². The number of rotatable bonds is 5. The van der Waals surface area contributed by atoms with E-state index in [4.69, 9.17) is 0 Å². The van der Waals surface area contributed by atoms with E-state index in [9.17, 15) is 4.79 Å². The van der Waals surface area contributed by atoms with Gasteiger partial charge in [0.25, 0.3) is 0 Å². The summed E-state index contributed by atoms with van der Waals surface area (Å²) in [7, 11) is 1.41. The third-order valence-electron chi connectivity index (χ3n) is 1.72. The second-order valence-electron chi connectivity index (χ2n) is 2.82. The fraction of sp³-hybridized carbons (Fsp3) is 0.400. The lowest BCUT2D eigenvalue weighted by Crippen LogP contribution is -2.00. The molecule has 0 aromatic carbocycles. The smallest absolute Gasteiger partial charge is 0.305 e. The molecule has 0 atom stereocenters. The molecule has 0 aliphatic carbocycles. The number of pyridine rings is 1. The van der Waals surface area contributed by atoms with Gasteiger partial charge in [-0.1, -0.05) is 0 Å². The van der Waals surface area contributed by atoms with Crippen molar-refractivity contribution in [3.63, 3.8) is 0 Å². The molecule has 0 spiro atoms. The summed E-state index contributed by atoms with van der Waals surface area (Å²) in [6, 6.07) is 3.83. The van der Waals surface area contributed by atoms with Gasteiger partial charge in [-0.25, -0.2) is 4.98 Å². The Morgan fingerprint density at radius 3 is 3.13 bits per heavy atom. The van der Waals surface area contributed by atoms with Gasteiger partial charge in [0.2, 0.25) is 0 Å². The molecule has 0 N–H and O–H groups in total.